The van der Waals surface area contributed by atoms with E-state index in [0.29, 0.717) is 11.6 Å². The lowest BCUT2D eigenvalue weighted by Crippen LogP contribution is -2.36. The standard InChI is InChI=1S/C16H21NO2/c1-11-5-4-7-13(16(18)19)15(11)17-10-9-12-6-2-3-8-14(12)17/h4-5,7,12,14H,2-3,6,8-10H2,1H3,(H,18,19). The minimum absolute atomic E-state index is 0.464. The van der Waals surface area contributed by atoms with Gasteiger partial charge in [0.05, 0.1) is 11.3 Å². The van der Waals surface area contributed by atoms with E-state index in [0.717, 1.165) is 23.7 Å². The highest BCUT2D eigenvalue weighted by Gasteiger charge is 2.37. The SMILES string of the molecule is Cc1cccc(C(=O)O)c1N1CCC2CCCCC21. The average Bonchev–Trinajstić information content (AvgIpc) is 2.82. The van der Waals surface area contributed by atoms with Crippen molar-refractivity contribution in [1.82, 2.24) is 0 Å². The van der Waals surface area contributed by atoms with Crippen molar-refractivity contribution in [2.45, 2.75) is 45.1 Å². The molecule has 0 spiro atoms. The highest BCUT2D eigenvalue weighted by molar-refractivity contribution is 5.95. The largest absolute Gasteiger partial charge is 0.478 e. The maximum atomic E-state index is 11.5. The zero-order valence-corrected chi connectivity index (χ0v) is 11.4. The van der Waals surface area contributed by atoms with Gasteiger partial charge in [-0.15, -0.1) is 0 Å². The molecule has 0 radical (unpaired) electrons. The molecule has 2 atom stereocenters. The summed E-state index contributed by atoms with van der Waals surface area (Å²) in [6, 6.07) is 6.17. The number of fused-ring (bicyclic) bond motifs is 1. The van der Waals surface area contributed by atoms with Crippen molar-refractivity contribution in [3.63, 3.8) is 0 Å². The van der Waals surface area contributed by atoms with Crippen LogP contribution in [-0.4, -0.2) is 23.7 Å². The molecule has 0 aromatic heterocycles. The number of anilines is 1. The van der Waals surface area contributed by atoms with Crippen LogP contribution in [0.3, 0.4) is 0 Å². The van der Waals surface area contributed by atoms with Gasteiger partial charge in [0, 0.05) is 12.6 Å². The van der Waals surface area contributed by atoms with Gasteiger partial charge < -0.3 is 10.0 Å². The fraction of sp³-hybridized carbons (Fsp3) is 0.562. The zero-order valence-electron chi connectivity index (χ0n) is 11.4. The Kier molecular flexibility index (Phi) is 3.21. The Hall–Kier alpha value is -1.51. The maximum absolute atomic E-state index is 11.5. The molecule has 1 saturated carbocycles. The molecule has 3 heteroatoms. The molecule has 0 amide bonds. The Morgan fingerprint density at radius 1 is 1.26 bits per heavy atom. The summed E-state index contributed by atoms with van der Waals surface area (Å²) in [5, 5.41) is 9.42. The van der Waals surface area contributed by atoms with Gasteiger partial charge in [0.25, 0.3) is 0 Å². The van der Waals surface area contributed by atoms with Crippen LogP contribution in [0.25, 0.3) is 0 Å². The summed E-state index contributed by atoms with van der Waals surface area (Å²) >= 11 is 0. The van der Waals surface area contributed by atoms with Crippen LogP contribution in [0.15, 0.2) is 18.2 Å². The fourth-order valence-electron chi connectivity index (χ4n) is 3.90. The fourth-order valence-corrected chi connectivity index (χ4v) is 3.90. The number of hydrogen-bond acceptors (Lipinski definition) is 2. The Morgan fingerprint density at radius 3 is 2.84 bits per heavy atom. The van der Waals surface area contributed by atoms with E-state index >= 15 is 0 Å². The second-order valence-electron chi connectivity index (χ2n) is 5.87. The Balaban J connectivity index is 2.00. The average molecular weight is 259 g/mol. The first-order valence-corrected chi connectivity index (χ1v) is 7.28. The number of aryl methyl sites for hydroxylation is 1. The second kappa shape index (κ2) is 4.87. The number of carboxylic acid groups (broad SMARTS) is 1. The molecule has 1 aliphatic heterocycles. The molecule has 1 aromatic rings. The van der Waals surface area contributed by atoms with Crippen molar-refractivity contribution < 1.29 is 9.90 Å². The third-order valence-electron chi connectivity index (χ3n) is 4.77. The van der Waals surface area contributed by atoms with Crippen molar-refractivity contribution in [2.75, 3.05) is 11.4 Å². The molecule has 2 aliphatic rings. The molecule has 102 valence electrons. The van der Waals surface area contributed by atoms with Gasteiger partial charge in [0.2, 0.25) is 0 Å². The lowest BCUT2D eigenvalue weighted by molar-refractivity contribution is 0.0697. The van der Waals surface area contributed by atoms with Gasteiger partial charge in [0.15, 0.2) is 0 Å². The Morgan fingerprint density at radius 2 is 2.05 bits per heavy atom. The normalized spacial score (nSPS) is 26.3. The van der Waals surface area contributed by atoms with E-state index < -0.39 is 5.97 Å². The molecule has 2 fully saturated rings. The van der Waals surface area contributed by atoms with E-state index in [-0.39, 0.29) is 0 Å². The maximum Gasteiger partial charge on any atom is 0.337 e. The molecule has 1 heterocycles. The first kappa shape index (κ1) is 12.5. The topological polar surface area (TPSA) is 40.5 Å². The number of hydrogen-bond donors (Lipinski definition) is 1. The molecule has 1 aliphatic carbocycles. The molecule has 2 unspecified atom stereocenters. The first-order valence-electron chi connectivity index (χ1n) is 7.28. The van der Waals surface area contributed by atoms with Crippen molar-refractivity contribution in [3.05, 3.63) is 29.3 Å². The van der Waals surface area contributed by atoms with E-state index in [1.807, 2.05) is 19.1 Å². The van der Waals surface area contributed by atoms with Gasteiger partial charge in [0.1, 0.15) is 0 Å². The van der Waals surface area contributed by atoms with E-state index in [1.165, 1.54) is 32.1 Å². The minimum Gasteiger partial charge on any atom is -0.478 e. The third-order valence-corrected chi connectivity index (χ3v) is 4.77. The third kappa shape index (κ3) is 2.11. The van der Waals surface area contributed by atoms with Crippen LogP contribution in [0.5, 0.6) is 0 Å². The summed E-state index contributed by atoms with van der Waals surface area (Å²) in [5.41, 5.74) is 2.52. The summed E-state index contributed by atoms with van der Waals surface area (Å²) in [6.45, 7) is 3.04. The number of carboxylic acids is 1. The quantitative estimate of drug-likeness (QED) is 0.884. The lowest BCUT2D eigenvalue weighted by Gasteiger charge is -2.34. The molecule has 3 rings (SSSR count). The predicted molar refractivity (Wildman–Crippen MR) is 75.8 cm³/mol. The summed E-state index contributed by atoms with van der Waals surface area (Å²) in [6.07, 6.45) is 6.38. The highest BCUT2D eigenvalue weighted by atomic mass is 16.4. The summed E-state index contributed by atoms with van der Waals surface area (Å²) in [5.74, 6) is -0.0343. The number of para-hydroxylation sites is 1. The summed E-state index contributed by atoms with van der Waals surface area (Å²) < 4.78 is 0. The van der Waals surface area contributed by atoms with Gasteiger partial charge in [-0.1, -0.05) is 25.0 Å². The molecule has 19 heavy (non-hydrogen) atoms. The molecule has 0 bridgehead atoms. The van der Waals surface area contributed by atoms with E-state index in [1.54, 1.807) is 6.07 Å². The Bertz CT molecular complexity index is 498. The molecular weight excluding hydrogens is 238 g/mol. The zero-order chi connectivity index (χ0) is 13.4. The predicted octanol–water partition coefficient (Wildman–Crippen LogP) is 3.46. The first-order chi connectivity index (χ1) is 9.18. The summed E-state index contributed by atoms with van der Waals surface area (Å²) in [7, 11) is 0. The van der Waals surface area contributed by atoms with Crippen LogP contribution in [0.4, 0.5) is 5.69 Å². The van der Waals surface area contributed by atoms with Gasteiger partial charge in [-0.05, 0) is 43.7 Å². The monoisotopic (exact) mass is 259 g/mol. The number of aromatic carboxylic acids is 1. The van der Waals surface area contributed by atoms with Crippen molar-refractivity contribution >= 4 is 11.7 Å². The summed E-state index contributed by atoms with van der Waals surface area (Å²) in [4.78, 5) is 13.8. The number of rotatable bonds is 2. The molecule has 3 nitrogen and oxygen atoms in total. The lowest BCUT2D eigenvalue weighted by atomic mass is 9.85. The van der Waals surface area contributed by atoms with E-state index in [2.05, 4.69) is 4.90 Å². The van der Waals surface area contributed by atoms with Crippen molar-refractivity contribution in [2.24, 2.45) is 5.92 Å². The van der Waals surface area contributed by atoms with Crippen molar-refractivity contribution in [3.8, 4) is 0 Å². The molecule has 1 aromatic carbocycles. The number of nitrogens with zero attached hydrogens (tertiary/aromatic N) is 1. The molecule has 1 N–H and O–H groups in total. The number of carbonyl (C=O) groups is 1. The van der Waals surface area contributed by atoms with Gasteiger partial charge >= 0.3 is 5.97 Å². The van der Waals surface area contributed by atoms with Crippen molar-refractivity contribution in [1.29, 1.82) is 0 Å². The van der Waals surface area contributed by atoms with Crippen LogP contribution < -0.4 is 4.90 Å². The van der Waals surface area contributed by atoms with Gasteiger partial charge in [-0.2, -0.15) is 0 Å². The van der Waals surface area contributed by atoms with Crippen LogP contribution in [0.2, 0.25) is 0 Å². The second-order valence-corrected chi connectivity index (χ2v) is 5.87. The van der Waals surface area contributed by atoms with E-state index in [9.17, 15) is 9.90 Å². The van der Waals surface area contributed by atoms with Crippen LogP contribution in [-0.2, 0) is 0 Å². The van der Waals surface area contributed by atoms with Gasteiger partial charge in [-0.25, -0.2) is 4.79 Å². The van der Waals surface area contributed by atoms with Crippen LogP contribution in [0, 0.1) is 12.8 Å². The van der Waals surface area contributed by atoms with Crippen LogP contribution >= 0.6 is 0 Å². The molecular formula is C16H21NO2. The van der Waals surface area contributed by atoms with E-state index in [4.69, 9.17) is 0 Å². The van der Waals surface area contributed by atoms with Crippen LogP contribution in [0.1, 0.15) is 48.0 Å². The Labute approximate surface area is 114 Å². The minimum atomic E-state index is -0.807. The highest BCUT2D eigenvalue weighted by Crippen LogP contribution is 2.41. The number of benzene rings is 1. The molecule has 1 saturated heterocycles. The van der Waals surface area contributed by atoms with Gasteiger partial charge in [-0.3, -0.25) is 0 Å². The smallest absolute Gasteiger partial charge is 0.337 e.